The van der Waals surface area contributed by atoms with E-state index in [9.17, 15) is 56.4 Å². The van der Waals surface area contributed by atoms with Crippen LogP contribution < -0.4 is 37.2 Å². The predicted octanol–water partition coefficient (Wildman–Crippen LogP) is 4.52. The molecule has 602 valence electrons. The van der Waals surface area contributed by atoms with Gasteiger partial charge >= 0.3 is 18.2 Å². The first-order chi connectivity index (χ1) is 51.5. The monoisotopic (exact) mass is 1580 g/mol. The van der Waals surface area contributed by atoms with Gasteiger partial charge in [-0.1, -0.05) is 37.0 Å². The van der Waals surface area contributed by atoms with Crippen LogP contribution in [0, 0.1) is 0 Å². The Balaban J connectivity index is 0.746. The molecule has 1 aromatic heterocycles. The number of nitrogens with zero attached hydrogens (tertiary/aromatic N) is 6. The zero-order chi connectivity index (χ0) is 78.1. The summed E-state index contributed by atoms with van der Waals surface area (Å²) < 4.78 is 71.6. The second-order valence-electron chi connectivity index (χ2n) is 28.9. The summed E-state index contributed by atoms with van der Waals surface area (Å²) >= 11 is 3.72. The van der Waals surface area contributed by atoms with Crippen LogP contribution in [0.1, 0.15) is 184 Å². The first-order valence-electron chi connectivity index (χ1n) is 37.3. The zero-order valence-corrected chi connectivity index (χ0v) is 65.3. The van der Waals surface area contributed by atoms with Crippen molar-refractivity contribution in [3.8, 4) is 0 Å². The molecule has 3 saturated heterocycles. The average molecular weight is 1580 g/mol. The number of carbonyl (C=O) groups excluding carboxylic acids is 10. The van der Waals surface area contributed by atoms with Crippen LogP contribution in [0.15, 0.2) is 34.4 Å². The number of hydrogen-bond acceptors (Lipinski definition) is 28. The topological polar surface area (TPSA) is 442 Å². The van der Waals surface area contributed by atoms with E-state index in [4.69, 9.17) is 47.7 Å². The highest BCUT2D eigenvalue weighted by atomic mass is 32.2. The SMILES string of the molecule is CC(C)(C)OC(=O)NC1=NC2C(CSC2CCCCC(=O)NCCCCCC(=O)Cc2cc(CC(=O)CCCCCNC(=O)CCCCC3SCC4NC(NC(=O)OC(C)(C)C)=NC43)cc(C(=O)NCCOCc3cn(CCOCCOCCOCCOCCC(=O)ON4C(=O)CC(S(=O)(=O)O)C4=O)nn3)c2)N1. The van der Waals surface area contributed by atoms with Gasteiger partial charge in [-0.25, -0.2) is 29.1 Å². The molecule has 0 bridgehead atoms. The van der Waals surface area contributed by atoms with Crippen LogP contribution in [-0.2, 0) is 108 Å². The molecule has 0 saturated carbocycles. The summed E-state index contributed by atoms with van der Waals surface area (Å²) in [6.45, 7) is 14.4. The van der Waals surface area contributed by atoms with E-state index in [1.807, 2.05) is 29.6 Å². The number of unbranched alkanes of at least 4 members (excludes halogenated alkanes) is 6. The molecule has 2 aromatic rings. The lowest BCUT2D eigenvalue weighted by molar-refractivity contribution is -0.198. The third kappa shape index (κ3) is 33.0. The van der Waals surface area contributed by atoms with Gasteiger partial charge in [0.25, 0.3) is 27.8 Å². The highest BCUT2D eigenvalue weighted by molar-refractivity contribution is 8.00. The summed E-state index contributed by atoms with van der Waals surface area (Å²) in [6, 6.07) is 5.58. The number of ether oxygens (including phenoxy) is 7. The van der Waals surface area contributed by atoms with Gasteiger partial charge in [-0.05, 0) is 116 Å². The zero-order valence-electron chi connectivity index (χ0n) is 62.8. The number of alkyl carbamates (subject to hydrolysis) is 2. The fourth-order valence-corrected chi connectivity index (χ4v) is 15.9. The molecule has 0 spiro atoms. The molecule has 37 heteroatoms. The fourth-order valence-electron chi connectivity index (χ4n) is 12.2. The van der Waals surface area contributed by atoms with Crippen molar-refractivity contribution in [1.29, 1.82) is 0 Å². The van der Waals surface area contributed by atoms with Gasteiger partial charge in [-0.2, -0.15) is 31.9 Å². The number of nitrogens with one attached hydrogen (secondary N) is 7. The Kier molecular flexibility index (Phi) is 36.6. The van der Waals surface area contributed by atoms with Gasteiger partial charge in [0.15, 0.2) is 5.25 Å². The van der Waals surface area contributed by atoms with E-state index in [0.29, 0.717) is 136 Å². The van der Waals surface area contributed by atoms with Crippen LogP contribution in [0.3, 0.4) is 0 Å². The highest BCUT2D eigenvalue weighted by Crippen LogP contribution is 2.37. The quantitative estimate of drug-likeness (QED) is 0.0256. The van der Waals surface area contributed by atoms with Crippen molar-refractivity contribution in [3.63, 3.8) is 0 Å². The Hall–Kier alpha value is -7.39. The Bertz CT molecular complexity index is 3380. The molecule has 0 radical (unpaired) electrons. The van der Waals surface area contributed by atoms with Gasteiger partial charge in [0, 0.05) is 85.7 Å². The lowest BCUT2D eigenvalue weighted by Crippen LogP contribution is -2.44. The first-order valence-corrected chi connectivity index (χ1v) is 40.9. The van der Waals surface area contributed by atoms with Crippen molar-refractivity contribution in [2.24, 2.45) is 9.98 Å². The van der Waals surface area contributed by atoms with Crippen LogP contribution in [0.25, 0.3) is 0 Å². The van der Waals surface area contributed by atoms with Gasteiger partial charge in [0.2, 0.25) is 23.7 Å². The van der Waals surface area contributed by atoms with Gasteiger partial charge in [-0.3, -0.25) is 48.7 Å². The number of imide groups is 1. The number of aromatic nitrogens is 3. The molecule has 0 aliphatic carbocycles. The summed E-state index contributed by atoms with van der Waals surface area (Å²) in [4.78, 5) is 140. The number of rotatable bonds is 49. The van der Waals surface area contributed by atoms with Crippen LogP contribution in [0.5, 0.6) is 0 Å². The minimum absolute atomic E-state index is 0.00909. The number of hydrogen-bond donors (Lipinski definition) is 8. The van der Waals surface area contributed by atoms with E-state index in [1.54, 1.807) is 64.6 Å². The Morgan fingerprint density at radius 1 is 0.583 bits per heavy atom. The second kappa shape index (κ2) is 45.1. The van der Waals surface area contributed by atoms with Crippen molar-refractivity contribution >= 4 is 105 Å². The molecule has 7 rings (SSSR count). The smallest absolute Gasteiger partial charge is 0.414 e. The van der Waals surface area contributed by atoms with Crippen molar-refractivity contribution < 1.29 is 98.9 Å². The summed E-state index contributed by atoms with van der Waals surface area (Å²) in [5.74, 6) is -1.21. The lowest BCUT2D eigenvalue weighted by Gasteiger charge is -2.19. The minimum atomic E-state index is -4.83. The third-order valence-corrected chi connectivity index (χ3v) is 21.4. The number of aliphatic imine (C=N–C) groups is 2. The maximum absolute atomic E-state index is 13.7. The molecule has 5 aliphatic heterocycles. The van der Waals surface area contributed by atoms with E-state index in [1.165, 1.54) is 0 Å². The fraction of sp³-hybridized carbons (Fsp3) is 0.718. The van der Waals surface area contributed by atoms with Gasteiger partial charge in [0.1, 0.15) is 28.5 Å². The molecular weight excluding hydrogens is 1470 g/mol. The predicted molar refractivity (Wildman–Crippen MR) is 399 cm³/mol. The van der Waals surface area contributed by atoms with Crippen molar-refractivity contribution in [3.05, 3.63) is 46.8 Å². The number of hydroxylamine groups is 2. The van der Waals surface area contributed by atoms with E-state index in [-0.39, 0.29) is 131 Å². The van der Waals surface area contributed by atoms with Crippen LogP contribution >= 0.6 is 23.5 Å². The molecule has 3 fully saturated rings. The Labute approximate surface area is 639 Å². The number of guanidine groups is 2. The second-order valence-corrected chi connectivity index (χ2v) is 33.0. The number of carbonyl (C=O) groups is 10. The highest BCUT2D eigenvalue weighted by Gasteiger charge is 2.49. The molecule has 108 heavy (non-hydrogen) atoms. The lowest BCUT2D eigenvalue weighted by atomic mass is 9.96. The minimum Gasteiger partial charge on any atom is -0.444 e. The van der Waals surface area contributed by atoms with Gasteiger partial charge in [-0.15, -0.1) is 10.2 Å². The number of Topliss-reactive ketones (excluding diaryl/α,β-unsaturated/α-hetero) is 2. The summed E-state index contributed by atoms with van der Waals surface area (Å²) in [5, 5.41) is 27.8. The molecule has 7 unspecified atom stereocenters. The van der Waals surface area contributed by atoms with Gasteiger partial charge < -0.3 is 64.6 Å². The average Bonchev–Trinajstić information content (AvgIpc) is 1.68. The largest absolute Gasteiger partial charge is 0.444 e. The number of amides is 7. The van der Waals surface area contributed by atoms with Gasteiger partial charge in [0.05, 0.1) is 116 Å². The number of benzene rings is 1. The standard InChI is InChI=1S/C71H109N13O21S3/c1-70(2,3)103-68(93)79-66-75-53-45-106-55(62(53)77-66)19-11-13-21-58(87)72-24-15-7-9-17-51(85)40-47-37-48(41-52(86)18-10-8-16-25-73-59(88)22-14-12-20-56-63-54(46-107-56)76-67(78-63)80-69(94)104-71(4,5)6)39-49(38-47)64(91)74-26-29-102-44-50-43-83(82-81-50)27-30-99-32-34-101-36-35-100-33-31-98-28-23-61(90)105-84-60(89)42-57(65(84)92)108(95,96)97/h37-39,43,53-57,62-63H,7-36,40-42,44-46H2,1-6H3,(H,72,87)(H,73,88)(H,74,91)(H,95,96,97)(H2,75,77,79,93)(H2,76,78,80,94). The van der Waals surface area contributed by atoms with Crippen molar-refractivity contribution in [2.45, 2.75) is 234 Å². The molecule has 7 atom stereocenters. The van der Waals surface area contributed by atoms with Crippen LogP contribution in [0.4, 0.5) is 9.59 Å². The van der Waals surface area contributed by atoms with Crippen LogP contribution in [0.2, 0.25) is 0 Å². The molecule has 5 aliphatic rings. The normalized spacial score (nSPS) is 19.5. The first kappa shape index (κ1) is 87.8. The Morgan fingerprint density at radius 2 is 1.07 bits per heavy atom. The summed E-state index contributed by atoms with van der Waals surface area (Å²) in [7, 11) is -4.83. The number of ketones is 2. The molecule has 1 aromatic carbocycles. The van der Waals surface area contributed by atoms with E-state index in [2.05, 4.69) is 52.4 Å². The molecule has 8 N–H and O–H groups in total. The molecule has 7 amide bonds. The van der Waals surface area contributed by atoms with E-state index in [0.717, 1.165) is 62.9 Å². The Morgan fingerprint density at radius 3 is 1.56 bits per heavy atom. The third-order valence-electron chi connectivity index (χ3n) is 17.3. The van der Waals surface area contributed by atoms with Crippen LogP contribution in [-0.4, -0.2) is 246 Å². The summed E-state index contributed by atoms with van der Waals surface area (Å²) in [6.07, 6.45) is 10.3. The number of fused-ring (bicyclic) bond motifs is 2. The maximum Gasteiger partial charge on any atom is 0.414 e. The van der Waals surface area contributed by atoms with E-state index >= 15 is 0 Å². The summed E-state index contributed by atoms with van der Waals surface area (Å²) in [5.41, 5.74) is 0.899. The number of thioether (sulfide) groups is 2. The molecular formula is C71H109N13O21S3. The van der Waals surface area contributed by atoms with Crippen molar-refractivity contribution in [2.75, 3.05) is 90.6 Å². The molecule has 34 nitrogen and oxygen atoms in total. The molecule has 6 heterocycles. The van der Waals surface area contributed by atoms with E-state index < -0.39 is 63.0 Å². The van der Waals surface area contributed by atoms with Crippen molar-refractivity contribution in [1.82, 2.24) is 57.3 Å². The maximum atomic E-state index is 13.7.